The highest BCUT2D eigenvalue weighted by atomic mass is 32.2. The number of hydrogen-bond acceptors (Lipinski definition) is 5. The van der Waals surface area contributed by atoms with Crippen LogP contribution in [0.1, 0.15) is 11.1 Å². The fourth-order valence-electron chi connectivity index (χ4n) is 3.41. The second kappa shape index (κ2) is 9.88. The van der Waals surface area contributed by atoms with Crippen molar-refractivity contribution in [3.63, 3.8) is 0 Å². The van der Waals surface area contributed by atoms with Gasteiger partial charge < -0.3 is 10.1 Å². The number of halogens is 3. The van der Waals surface area contributed by atoms with Crippen molar-refractivity contribution in [1.29, 1.82) is 0 Å². The van der Waals surface area contributed by atoms with E-state index in [9.17, 15) is 26.4 Å². The van der Waals surface area contributed by atoms with Gasteiger partial charge in [0.2, 0.25) is 15.9 Å². The van der Waals surface area contributed by atoms with Gasteiger partial charge in [0.15, 0.2) is 0 Å². The highest BCUT2D eigenvalue weighted by molar-refractivity contribution is 7.89. The van der Waals surface area contributed by atoms with Crippen LogP contribution in [-0.4, -0.2) is 63.4 Å². The number of piperazine rings is 1. The second-order valence-electron chi connectivity index (χ2n) is 7.29. The predicted molar refractivity (Wildman–Crippen MR) is 111 cm³/mol. The summed E-state index contributed by atoms with van der Waals surface area (Å²) in [5.41, 5.74) is -0.177. The smallest absolute Gasteiger partial charge is 0.416 e. The van der Waals surface area contributed by atoms with Crippen LogP contribution in [0.3, 0.4) is 0 Å². The zero-order chi connectivity index (χ0) is 23.4. The lowest BCUT2D eigenvalue weighted by Crippen LogP contribution is -2.51. The molecule has 1 aliphatic heterocycles. The average molecular weight is 472 g/mol. The first-order valence-electron chi connectivity index (χ1n) is 9.89. The number of sulfonamides is 1. The van der Waals surface area contributed by atoms with Crippen molar-refractivity contribution in [1.82, 2.24) is 14.5 Å². The van der Waals surface area contributed by atoms with Crippen LogP contribution in [-0.2, 0) is 27.5 Å². The number of hydrogen-bond donors (Lipinski definition) is 1. The molecule has 0 atom stereocenters. The first kappa shape index (κ1) is 24.0. The van der Waals surface area contributed by atoms with Crippen molar-refractivity contribution < 1.29 is 31.1 Å². The monoisotopic (exact) mass is 471 g/mol. The van der Waals surface area contributed by atoms with Crippen molar-refractivity contribution in [3.05, 3.63) is 59.7 Å². The molecule has 0 aromatic heterocycles. The van der Waals surface area contributed by atoms with Crippen molar-refractivity contribution in [2.45, 2.75) is 17.6 Å². The minimum Gasteiger partial charge on any atom is -0.496 e. The summed E-state index contributed by atoms with van der Waals surface area (Å²) in [5.74, 6) is 0.450. The summed E-state index contributed by atoms with van der Waals surface area (Å²) in [4.78, 5) is 13.7. The molecule has 1 aliphatic rings. The number of carbonyl (C=O) groups excluding carboxylic acids is 1. The molecular formula is C21H24F3N3O4S. The number of carbonyl (C=O) groups is 1. The molecule has 1 N–H and O–H groups in total. The lowest BCUT2D eigenvalue weighted by molar-refractivity contribution is -0.137. The molecule has 174 valence electrons. The lowest BCUT2D eigenvalue weighted by atomic mass is 10.2. The van der Waals surface area contributed by atoms with Gasteiger partial charge in [-0.1, -0.05) is 24.3 Å². The van der Waals surface area contributed by atoms with E-state index in [0.29, 0.717) is 31.5 Å². The van der Waals surface area contributed by atoms with Gasteiger partial charge in [0.25, 0.3) is 0 Å². The largest absolute Gasteiger partial charge is 0.496 e. The van der Waals surface area contributed by atoms with Crippen molar-refractivity contribution in [2.75, 3.05) is 39.8 Å². The Hall–Kier alpha value is -2.63. The van der Waals surface area contributed by atoms with E-state index in [2.05, 4.69) is 5.32 Å². The molecule has 0 saturated carbocycles. The van der Waals surface area contributed by atoms with E-state index in [1.807, 2.05) is 18.2 Å². The number of para-hydroxylation sites is 1. The molecule has 0 spiro atoms. The third-order valence-corrected chi connectivity index (χ3v) is 7.06. The Balaban J connectivity index is 1.54. The molecule has 0 bridgehead atoms. The molecule has 1 fully saturated rings. The summed E-state index contributed by atoms with van der Waals surface area (Å²) in [5, 5.41) is 2.81. The summed E-state index contributed by atoms with van der Waals surface area (Å²) < 4.78 is 70.7. The van der Waals surface area contributed by atoms with E-state index in [1.165, 1.54) is 0 Å². The molecule has 0 radical (unpaired) electrons. The first-order chi connectivity index (χ1) is 15.1. The Morgan fingerprint density at radius 1 is 1.06 bits per heavy atom. The van der Waals surface area contributed by atoms with E-state index in [-0.39, 0.29) is 25.5 Å². The zero-order valence-electron chi connectivity index (χ0n) is 17.4. The van der Waals surface area contributed by atoms with Gasteiger partial charge in [-0.3, -0.25) is 9.69 Å². The standard InChI is InChI=1S/C21H24F3N3O4S/c1-31-19-8-3-2-5-16(19)14-25-20(28)15-26-9-11-27(12-10-26)32(29,30)18-7-4-6-17(13-18)21(22,23)24/h2-8,13H,9-12,14-15H2,1H3,(H,25,28). The van der Waals surface area contributed by atoms with Gasteiger partial charge in [-0.2, -0.15) is 17.5 Å². The molecule has 2 aromatic carbocycles. The van der Waals surface area contributed by atoms with Crippen LogP contribution in [0.25, 0.3) is 0 Å². The number of nitrogens with zero attached hydrogens (tertiary/aromatic N) is 2. The third-order valence-electron chi connectivity index (χ3n) is 5.17. The summed E-state index contributed by atoms with van der Waals surface area (Å²) in [6.07, 6.45) is -4.62. The van der Waals surface area contributed by atoms with Gasteiger partial charge in [-0.25, -0.2) is 8.42 Å². The van der Waals surface area contributed by atoms with Gasteiger partial charge in [0.1, 0.15) is 5.75 Å². The van der Waals surface area contributed by atoms with Gasteiger partial charge in [0, 0.05) is 38.3 Å². The molecule has 1 heterocycles. The minimum atomic E-state index is -4.62. The van der Waals surface area contributed by atoms with Crippen LogP contribution in [0, 0.1) is 0 Å². The van der Waals surface area contributed by atoms with Gasteiger partial charge in [-0.05, 0) is 24.3 Å². The first-order valence-corrected chi connectivity index (χ1v) is 11.3. The summed E-state index contributed by atoms with van der Waals surface area (Å²) in [6, 6.07) is 11.0. The molecule has 1 amide bonds. The second-order valence-corrected chi connectivity index (χ2v) is 9.23. The highest BCUT2D eigenvalue weighted by Crippen LogP contribution is 2.31. The molecule has 32 heavy (non-hydrogen) atoms. The Labute approximate surface area is 184 Å². The van der Waals surface area contributed by atoms with Crippen molar-refractivity contribution >= 4 is 15.9 Å². The number of alkyl halides is 3. The third kappa shape index (κ3) is 5.78. The number of benzene rings is 2. The van der Waals surface area contributed by atoms with E-state index in [0.717, 1.165) is 28.1 Å². The quantitative estimate of drug-likeness (QED) is 0.671. The molecule has 11 heteroatoms. The summed E-state index contributed by atoms with van der Waals surface area (Å²) >= 11 is 0. The van der Waals surface area contributed by atoms with Crippen LogP contribution in [0.5, 0.6) is 5.75 Å². The molecule has 0 unspecified atom stereocenters. The van der Waals surface area contributed by atoms with Crippen LogP contribution >= 0.6 is 0 Å². The van der Waals surface area contributed by atoms with Gasteiger partial charge in [-0.15, -0.1) is 0 Å². The molecule has 3 rings (SSSR count). The maximum atomic E-state index is 12.9. The molecule has 2 aromatic rings. The lowest BCUT2D eigenvalue weighted by Gasteiger charge is -2.33. The van der Waals surface area contributed by atoms with E-state index in [4.69, 9.17) is 4.74 Å². The molecule has 1 saturated heterocycles. The minimum absolute atomic E-state index is 0.0817. The van der Waals surface area contributed by atoms with Crippen LogP contribution < -0.4 is 10.1 Å². The van der Waals surface area contributed by atoms with Crippen LogP contribution in [0.2, 0.25) is 0 Å². The number of rotatable bonds is 7. The summed E-state index contributed by atoms with van der Waals surface area (Å²) in [7, 11) is -2.51. The molecule has 7 nitrogen and oxygen atoms in total. The number of methoxy groups -OCH3 is 1. The Morgan fingerprint density at radius 3 is 2.41 bits per heavy atom. The highest BCUT2D eigenvalue weighted by Gasteiger charge is 2.34. The molecular weight excluding hydrogens is 447 g/mol. The molecule has 0 aliphatic carbocycles. The Bertz CT molecular complexity index is 1050. The topological polar surface area (TPSA) is 79.0 Å². The van der Waals surface area contributed by atoms with Gasteiger partial charge in [0.05, 0.1) is 24.1 Å². The fraction of sp³-hybridized carbons (Fsp3) is 0.381. The summed E-state index contributed by atoms with van der Waals surface area (Å²) in [6.45, 7) is 1.14. The van der Waals surface area contributed by atoms with E-state index >= 15 is 0 Å². The number of ether oxygens (including phenoxy) is 1. The van der Waals surface area contributed by atoms with Crippen molar-refractivity contribution in [2.24, 2.45) is 0 Å². The van der Waals surface area contributed by atoms with E-state index < -0.39 is 26.7 Å². The van der Waals surface area contributed by atoms with Crippen LogP contribution in [0.4, 0.5) is 13.2 Å². The maximum absolute atomic E-state index is 12.9. The zero-order valence-corrected chi connectivity index (χ0v) is 18.2. The Morgan fingerprint density at radius 2 is 1.75 bits per heavy atom. The van der Waals surface area contributed by atoms with Crippen LogP contribution in [0.15, 0.2) is 53.4 Å². The average Bonchev–Trinajstić information content (AvgIpc) is 2.78. The fourth-order valence-corrected chi connectivity index (χ4v) is 4.88. The van der Waals surface area contributed by atoms with Crippen molar-refractivity contribution in [3.8, 4) is 5.75 Å². The predicted octanol–water partition coefficient (Wildman–Crippen LogP) is 2.34. The normalized spacial score (nSPS) is 16.0. The number of amides is 1. The Kier molecular flexibility index (Phi) is 7.42. The van der Waals surface area contributed by atoms with Gasteiger partial charge >= 0.3 is 6.18 Å². The van der Waals surface area contributed by atoms with E-state index in [1.54, 1.807) is 18.1 Å². The number of nitrogens with one attached hydrogen (secondary N) is 1. The maximum Gasteiger partial charge on any atom is 0.416 e. The SMILES string of the molecule is COc1ccccc1CNC(=O)CN1CCN(S(=O)(=O)c2cccc(C(F)(F)F)c2)CC1.